The number of anilines is 1. The lowest BCUT2D eigenvalue weighted by Crippen LogP contribution is -1.83. The van der Waals surface area contributed by atoms with Crippen LogP contribution in [0, 0.1) is 0 Å². The van der Waals surface area contributed by atoms with Crippen molar-refractivity contribution in [1.82, 2.24) is 0 Å². The fraction of sp³-hybridized carbons (Fsp3) is 0. The van der Waals surface area contributed by atoms with Crippen LogP contribution in [0.5, 0.6) is 0 Å². The van der Waals surface area contributed by atoms with Crippen LogP contribution in [-0.4, -0.2) is 0 Å². The first kappa shape index (κ1) is 8.35. The summed E-state index contributed by atoms with van der Waals surface area (Å²) in [6.45, 7) is 0. The first-order valence-corrected chi connectivity index (χ1v) is 5.35. The van der Waals surface area contributed by atoms with Gasteiger partial charge in [0.25, 0.3) is 0 Å². The molecule has 2 aromatic rings. The topological polar surface area (TPSA) is 26.0 Å². The second-order valence-electron chi connectivity index (χ2n) is 2.46. The summed E-state index contributed by atoms with van der Waals surface area (Å²) < 4.78 is 2.02. The molecule has 0 aliphatic heterocycles. The number of thiophene rings is 1. The van der Waals surface area contributed by atoms with Gasteiger partial charge in [-0.25, -0.2) is 0 Å². The maximum atomic E-state index is 5.95. The van der Waals surface area contributed by atoms with Crippen LogP contribution < -0.4 is 5.73 Å². The van der Waals surface area contributed by atoms with Crippen LogP contribution in [0.4, 0.5) is 5.69 Å². The van der Waals surface area contributed by atoms with Gasteiger partial charge in [-0.05, 0) is 12.1 Å². The minimum absolute atomic E-state index is 0.767. The molecule has 0 fully saturated rings. The van der Waals surface area contributed by atoms with Gasteiger partial charge in [0.2, 0.25) is 0 Å². The molecule has 1 nitrogen and oxygen atoms in total. The molecule has 4 heteroatoms. The molecule has 0 atom stereocenters. The first-order valence-electron chi connectivity index (χ1n) is 3.30. The Morgan fingerprint density at radius 2 is 2.17 bits per heavy atom. The third-order valence-electron chi connectivity index (χ3n) is 1.62. The van der Waals surface area contributed by atoms with Crippen molar-refractivity contribution >= 4 is 54.6 Å². The quantitative estimate of drug-likeness (QED) is 0.716. The first-order chi connectivity index (χ1) is 5.68. The normalized spacial score (nSPS) is 10.8. The van der Waals surface area contributed by atoms with E-state index < -0.39 is 0 Å². The molecular weight excluding hydrogens is 258 g/mol. The summed E-state index contributed by atoms with van der Waals surface area (Å²) in [7, 11) is 0. The number of fused-ring (bicyclic) bond motifs is 1. The van der Waals surface area contributed by atoms with Gasteiger partial charge in [0.1, 0.15) is 0 Å². The van der Waals surface area contributed by atoms with Gasteiger partial charge >= 0.3 is 0 Å². The van der Waals surface area contributed by atoms with Crippen LogP contribution in [-0.2, 0) is 0 Å². The molecule has 0 aliphatic carbocycles. The second-order valence-corrected chi connectivity index (χ2v) is 4.66. The van der Waals surface area contributed by atoms with Crippen molar-refractivity contribution in [3.63, 3.8) is 0 Å². The molecule has 0 saturated heterocycles. The summed E-state index contributed by atoms with van der Waals surface area (Å²) >= 11 is 10.9. The van der Waals surface area contributed by atoms with E-state index in [4.69, 9.17) is 17.3 Å². The zero-order valence-corrected chi connectivity index (χ0v) is 9.13. The van der Waals surface area contributed by atoms with Crippen molar-refractivity contribution in [3.8, 4) is 0 Å². The molecular formula is C8H5BrClNS. The third-order valence-corrected chi connectivity index (χ3v) is 3.56. The fourth-order valence-corrected chi connectivity index (χ4v) is 2.75. The lowest BCUT2D eigenvalue weighted by molar-refractivity contribution is 1.74. The minimum atomic E-state index is 0.767. The molecule has 1 aromatic heterocycles. The van der Waals surface area contributed by atoms with E-state index in [9.17, 15) is 0 Å². The average Bonchev–Trinajstić information content (AvgIpc) is 2.33. The zero-order chi connectivity index (χ0) is 8.72. The van der Waals surface area contributed by atoms with Crippen molar-refractivity contribution < 1.29 is 0 Å². The zero-order valence-electron chi connectivity index (χ0n) is 5.97. The van der Waals surface area contributed by atoms with Gasteiger partial charge in [-0.2, -0.15) is 0 Å². The van der Waals surface area contributed by atoms with E-state index in [1.807, 2.05) is 17.5 Å². The van der Waals surface area contributed by atoms with E-state index in [0.29, 0.717) is 0 Å². The maximum Gasteiger partial charge on any atom is 0.0592 e. The summed E-state index contributed by atoms with van der Waals surface area (Å²) in [5, 5.41) is 3.69. The number of hydrogen-bond acceptors (Lipinski definition) is 2. The number of halogens is 2. The highest BCUT2D eigenvalue weighted by Gasteiger charge is 2.05. The molecule has 0 unspecified atom stereocenters. The Hall–Kier alpha value is -0.250. The van der Waals surface area contributed by atoms with Gasteiger partial charge in [0.15, 0.2) is 0 Å². The highest BCUT2D eigenvalue weighted by atomic mass is 79.9. The van der Waals surface area contributed by atoms with Gasteiger partial charge in [-0.1, -0.05) is 27.5 Å². The monoisotopic (exact) mass is 261 g/mol. The van der Waals surface area contributed by atoms with E-state index in [1.54, 1.807) is 11.3 Å². The number of benzene rings is 1. The van der Waals surface area contributed by atoms with E-state index in [-0.39, 0.29) is 0 Å². The van der Waals surface area contributed by atoms with Gasteiger partial charge < -0.3 is 5.73 Å². The largest absolute Gasteiger partial charge is 0.398 e. The molecule has 1 aromatic carbocycles. The average molecular weight is 263 g/mol. The molecule has 0 saturated carbocycles. The van der Waals surface area contributed by atoms with Crippen molar-refractivity contribution in [2.75, 3.05) is 5.73 Å². The summed E-state index contributed by atoms with van der Waals surface area (Å²) in [5.74, 6) is 0. The number of nitrogens with two attached hydrogens (primary N) is 1. The number of hydrogen-bond donors (Lipinski definition) is 1. The summed E-state index contributed by atoms with van der Waals surface area (Å²) in [6, 6.07) is 3.86. The predicted octanol–water partition coefficient (Wildman–Crippen LogP) is 3.90. The molecule has 0 radical (unpaired) electrons. The summed E-state index contributed by atoms with van der Waals surface area (Å²) in [4.78, 5) is 0. The Labute approximate surface area is 87.3 Å². The van der Waals surface area contributed by atoms with Crippen LogP contribution in [0.25, 0.3) is 10.1 Å². The van der Waals surface area contributed by atoms with Crippen LogP contribution >= 0.6 is 38.9 Å². The van der Waals surface area contributed by atoms with E-state index >= 15 is 0 Å². The molecule has 0 bridgehead atoms. The lowest BCUT2D eigenvalue weighted by atomic mass is 10.2. The van der Waals surface area contributed by atoms with Gasteiger partial charge in [-0.3, -0.25) is 0 Å². The summed E-state index contributed by atoms with van der Waals surface area (Å²) in [5.41, 5.74) is 6.57. The third kappa shape index (κ3) is 1.22. The molecule has 2 N–H and O–H groups in total. The number of rotatable bonds is 0. The Bertz CT molecular complexity index is 438. The molecule has 0 spiro atoms. The van der Waals surface area contributed by atoms with Crippen molar-refractivity contribution in [1.29, 1.82) is 0 Å². The highest BCUT2D eigenvalue weighted by molar-refractivity contribution is 9.10. The van der Waals surface area contributed by atoms with Crippen LogP contribution in [0.2, 0.25) is 5.02 Å². The Kier molecular flexibility index (Phi) is 2.02. The Morgan fingerprint density at radius 3 is 2.92 bits per heavy atom. The van der Waals surface area contributed by atoms with Crippen LogP contribution in [0.1, 0.15) is 0 Å². The Morgan fingerprint density at radius 1 is 1.42 bits per heavy atom. The smallest absolute Gasteiger partial charge is 0.0592 e. The molecule has 1 heterocycles. The maximum absolute atomic E-state index is 5.95. The lowest BCUT2D eigenvalue weighted by Gasteiger charge is -1.97. The van der Waals surface area contributed by atoms with Crippen LogP contribution in [0.3, 0.4) is 0 Å². The van der Waals surface area contributed by atoms with Gasteiger partial charge in [0, 0.05) is 15.2 Å². The van der Waals surface area contributed by atoms with E-state index in [0.717, 1.165) is 25.3 Å². The van der Waals surface area contributed by atoms with Crippen molar-refractivity contribution in [3.05, 3.63) is 27.0 Å². The minimum Gasteiger partial charge on any atom is -0.398 e. The predicted molar refractivity (Wildman–Crippen MR) is 58.9 cm³/mol. The standard InChI is InChI=1S/C8H5BrClNS/c9-4-1-5-6(10)3-12-8(5)7(11)2-4/h1-3H,11H2. The molecule has 0 amide bonds. The Balaban J connectivity index is 2.92. The SMILES string of the molecule is Nc1cc(Br)cc2c(Cl)csc12. The summed E-state index contributed by atoms with van der Waals surface area (Å²) in [6.07, 6.45) is 0. The molecule has 0 aliphatic rings. The second kappa shape index (κ2) is 2.91. The van der Waals surface area contributed by atoms with Crippen molar-refractivity contribution in [2.24, 2.45) is 0 Å². The number of nitrogen functional groups attached to an aromatic ring is 1. The molecule has 2 rings (SSSR count). The van der Waals surface area contributed by atoms with Crippen molar-refractivity contribution in [2.45, 2.75) is 0 Å². The van der Waals surface area contributed by atoms with Gasteiger partial charge in [0.05, 0.1) is 15.4 Å². The molecule has 12 heavy (non-hydrogen) atoms. The highest BCUT2D eigenvalue weighted by Crippen LogP contribution is 2.36. The van der Waals surface area contributed by atoms with Crippen LogP contribution in [0.15, 0.2) is 22.0 Å². The van der Waals surface area contributed by atoms with E-state index in [2.05, 4.69) is 15.9 Å². The fourth-order valence-electron chi connectivity index (χ4n) is 1.10. The molecule has 62 valence electrons. The van der Waals surface area contributed by atoms with Gasteiger partial charge in [-0.15, -0.1) is 11.3 Å². The van der Waals surface area contributed by atoms with E-state index in [1.165, 1.54) is 0 Å².